The first kappa shape index (κ1) is 18.0. The molecule has 26 heavy (non-hydrogen) atoms. The van der Waals surface area contributed by atoms with Crippen LogP contribution in [-0.2, 0) is 16.1 Å². The highest BCUT2D eigenvalue weighted by Crippen LogP contribution is 2.24. The van der Waals surface area contributed by atoms with E-state index in [9.17, 15) is 10.1 Å². The summed E-state index contributed by atoms with van der Waals surface area (Å²) in [5.41, 5.74) is 2.95. The fourth-order valence-corrected chi connectivity index (χ4v) is 3.06. The van der Waals surface area contributed by atoms with Crippen LogP contribution in [0.15, 0.2) is 64.6 Å². The Balaban J connectivity index is 2.08. The molecule has 0 bridgehead atoms. The van der Waals surface area contributed by atoms with Crippen molar-refractivity contribution in [1.82, 2.24) is 4.57 Å². The molecular formula is C21H17BrN2O2. The minimum absolute atomic E-state index is 0.00767. The molecule has 1 aromatic heterocycles. The Bertz CT molecular complexity index is 1010. The second-order valence-corrected chi connectivity index (χ2v) is 6.65. The normalized spacial score (nSPS) is 11.3. The molecule has 5 heteroatoms. The summed E-state index contributed by atoms with van der Waals surface area (Å²) >= 11 is 3.45. The third-order valence-electron chi connectivity index (χ3n) is 4.00. The van der Waals surface area contributed by atoms with Crippen LogP contribution in [0.5, 0.6) is 0 Å². The van der Waals surface area contributed by atoms with Crippen LogP contribution in [0.4, 0.5) is 0 Å². The second-order valence-electron chi connectivity index (χ2n) is 5.73. The number of hydrogen-bond donors (Lipinski definition) is 0. The number of fused-ring (bicyclic) bond motifs is 1. The maximum absolute atomic E-state index is 12.0. The van der Waals surface area contributed by atoms with Crippen molar-refractivity contribution < 1.29 is 9.53 Å². The van der Waals surface area contributed by atoms with Gasteiger partial charge in [-0.3, -0.25) is 0 Å². The quantitative estimate of drug-likeness (QED) is 0.341. The van der Waals surface area contributed by atoms with E-state index < -0.39 is 5.97 Å². The maximum atomic E-state index is 12.0. The number of nitriles is 1. The Morgan fingerprint density at radius 1 is 1.23 bits per heavy atom. The van der Waals surface area contributed by atoms with Crippen molar-refractivity contribution in [3.63, 3.8) is 0 Å². The molecule has 1 heterocycles. The lowest BCUT2D eigenvalue weighted by molar-refractivity contribution is -0.137. The number of nitrogens with zero attached hydrogens (tertiary/aromatic N) is 2. The summed E-state index contributed by atoms with van der Waals surface area (Å²) in [5.74, 6) is -0.601. The number of para-hydroxylation sites is 1. The molecule has 0 saturated carbocycles. The summed E-state index contributed by atoms with van der Waals surface area (Å²) in [6.45, 7) is 2.59. The van der Waals surface area contributed by atoms with E-state index >= 15 is 0 Å². The molecule has 0 aliphatic rings. The van der Waals surface area contributed by atoms with Crippen LogP contribution in [-0.4, -0.2) is 17.1 Å². The van der Waals surface area contributed by atoms with Gasteiger partial charge >= 0.3 is 5.97 Å². The van der Waals surface area contributed by atoms with Gasteiger partial charge in [0.1, 0.15) is 11.6 Å². The highest BCUT2D eigenvalue weighted by atomic mass is 79.9. The van der Waals surface area contributed by atoms with Gasteiger partial charge in [0.15, 0.2) is 0 Å². The van der Waals surface area contributed by atoms with Crippen molar-refractivity contribution >= 4 is 38.9 Å². The van der Waals surface area contributed by atoms with E-state index in [1.54, 1.807) is 13.0 Å². The fraction of sp³-hybridized carbons (Fsp3) is 0.143. The molecule has 0 fully saturated rings. The number of hydrogen-bond acceptors (Lipinski definition) is 3. The van der Waals surface area contributed by atoms with E-state index in [0.29, 0.717) is 6.54 Å². The lowest BCUT2D eigenvalue weighted by Gasteiger charge is -2.10. The van der Waals surface area contributed by atoms with Crippen molar-refractivity contribution in [3.8, 4) is 6.07 Å². The summed E-state index contributed by atoms with van der Waals surface area (Å²) < 4.78 is 8.08. The monoisotopic (exact) mass is 408 g/mol. The lowest BCUT2D eigenvalue weighted by atomic mass is 10.2. The number of benzene rings is 2. The molecule has 0 aliphatic carbocycles. The average molecular weight is 409 g/mol. The van der Waals surface area contributed by atoms with Gasteiger partial charge < -0.3 is 9.30 Å². The van der Waals surface area contributed by atoms with Crippen LogP contribution >= 0.6 is 15.9 Å². The molecule has 0 N–H and O–H groups in total. The largest absolute Gasteiger partial charge is 0.462 e. The van der Waals surface area contributed by atoms with E-state index in [1.165, 1.54) is 0 Å². The molecule has 0 radical (unpaired) electrons. The summed E-state index contributed by atoms with van der Waals surface area (Å²) in [5, 5.41) is 10.4. The molecule has 130 valence electrons. The van der Waals surface area contributed by atoms with Gasteiger partial charge in [-0.1, -0.05) is 46.3 Å². The van der Waals surface area contributed by atoms with Crippen LogP contribution in [0.3, 0.4) is 0 Å². The Morgan fingerprint density at radius 3 is 2.65 bits per heavy atom. The van der Waals surface area contributed by atoms with Crippen LogP contribution in [0.1, 0.15) is 18.2 Å². The molecule has 0 aliphatic heterocycles. The van der Waals surface area contributed by atoms with Gasteiger partial charge in [0.2, 0.25) is 0 Å². The van der Waals surface area contributed by atoms with Crippen molar-refractivity contribution in [2.75, 3.05) is 6.61 Å². The summed E-state index contributed by atoms with van der Waals surface area (Å²) in [6.07, 6.45) is 1.59. The number of ether oxygens (including phenoxy) is 1. The predicted octanol–water partition coefficient (Wildman–Crippen LogP) is 4.92. The van der Waals surface area contributed by atoms with Crippen LogP contribution in [0.25, 0.3) is 17.0 Å². The molecule has 0 saturated heterocycles. The standard InChI is InChI=1S/C21H17BrN2O2/c1-2-26-21(25)17(13-23)12-19-11-16-5-3-4-6-20(16)24(19)14-15-7-9-18(22)10-8-15/h3-12H,2,14H2,1H3. The van der Waals surface area contributed by atoms with E-state index in [-0.39, 0.29) is 12.2 Å². The van der Waals surface area contributed by atoms with Crippen molar-refractivity contribution in [2.45, 2.75) is 13.5 Å². The number of carbonyl (C=O) groups is 1. The fourth-order valence-electron chi connectivity index (χ4n) is 2.79. The van der Waals surface area contributed by atoms with Crippen molar-refractivity contribution in [1.29, 1.82) is 5.26 Å². The maximum Gasteiger partial charge on any atom is 0.348 e. The minimum atomic E-state index is -0.601. The minimum Gasteiger partial charge on any atom is -0.462 e. The molecule has 4 nitrogen and oxygen atoms in total. The van der Waals surface area contributed by atoms with Gasteiger partial charge in [-0.2, -0.15) is 5.26 Å². The van der Waals surface area contributed by atoms with E-state index in [2.05, 4.69) is 20.5 Å². The van der Waals surface area contributed by atoms with Gasteiger partial charge in [0.05, 0.1) is 6.61 Å². The molecule has 0 unspecified atom stereocenters. The van der Waals surface area contributed by atoms with Gasteiger partial charge in [0.25, 0.3) is 0 Å². The van der Waals surface area contributed by atoms with Crippen LogP contribution < -0.4 is 0 Å². The SMILES string of the molecule is CCOC(=O)C(C#N)=Cc1cc2ccccc2n1Cc1ccc(Br)cc1. The zero-order chi connectivity index (χ0) is 18.5. The summed E-state index contributed by atoms with van der Waals surface area (Å²) in [4.78, 5) is 12.0. The van der Waals surface area contributed by atoms with Crippen molar-refractivity contribution in [3.05, 3.63) is 75.9 Å². The number of rotatable bonds is 5. The first-order valence-electron chi connectivity index (χ1n) is 8.24. The number of esters is 1. The molecule has 3 aromatic rings. The molecule has 0 amide bonds. The molecule has 2 aromatic carbocycles. The predicted molar refractivity (Wildman–Crippen MR) is 105 cm³/mol. The summed E-state index contributed by atoms with van der Waals surface area (Å²) in [6, 6.07) is 20.0. The number of aromatic nitrogens is 1. The van der Waals surface area contributed by atoms with Gasteiger partial charge in [-0.05, 0) is 42.8 Å². The van der Waals surface area contributed by atoms with Crippen LogP contribution in [0.2, 0.25) is 0 Å². The van der Waals surface area contributed by atoms with E-state index in [1.807, 2.05) is 60.7 Å². The van der Waals surface area contributed by atoms with Crippen molar-refractivity contribution in [2.24, 2.45) is 0 Å². The molecule has 3 rings (SSSR count). The number of halogens is 1. The average Bonchev–Trinajstić information content (AvgIpc) is 2.99. The van der Waals surface area contributed by atoms with E-state index in [4.69, 9.17) is 4.74 Å². The zero-order valence-corrected chi connectivity index (χ0v) is 15.9. The Hall–Kier alpha value is -2.84. The third kappa shape index (κ3) is 3.87. The molecule has 0 spiro atoms. The highest BCUT2D eigenvalue weighted by molar-refractivity contribution is 9.10. The summed E-state index contributed by atoms with van der Waals surface area (Å²) in [7, 11) is 0. The number of carbonyl (C=O) groups excluding carboxylic acids is 1. The molecule has 0 atom stereocenters. The Morgan fingerprint density at radius 2 is 1.96 bits per heavy atom. The smallest absolute Gasteiger partial charge is 0.348 e. The zero-order valence-electron chi connectivity index (χ0n) is 14.3. The second kappa shape index (κ2) is 8.03. The first-order chi connectivity index (χ1) is 12.6. The Labute approximate surface area is 160 Å². The highest BCUT2D eigenvalue weighted by Gasteiger charge is 2.13. The van der Waals surface area contributed by atoms with E-state index in [0.717, 1.165) is 26.6 Å². The topological polar surface area (TPSA) is 55.0 Å². The first-order valence-corrected chi connectivity index (χ1v) is 9.03. The van der Waals surface area contributed by atoms with Crippen LogP contribution in [0, 0.1) is 11.3 Å². The van der Waals surface area contributed by atoms with Gasteiger partial charge in [-0.15, -0.1) is 0 Å². The van der Waals surface area contributed by atoms with Gasteiger partial charge in [0, 0.05) is 27.6 Å². The third-order valence-corrected chi connectivity index (χ3v) is 4.53. The molecular weight excluding hydrogens is 392 g/mol. The van der Waals surface area contributed by atoms with Gasteiger partial charge in [-0.25, -0.2) is 4.79 Å². The Kier molecular flexibility index (Phi) is 5.55. The lowest BCUT2D eigenvalue weighted by Crippen LogP contribution is -2.07.